The Morgan fingerprint density at radius 3 is 2.94 bits per heavy atom. The molecule has 2 rings (SSSR count). The Labute approximate surface area is 95.0 Å². The SMILES string of the molecule is N#Cc1cccc(Cn2ccsc2=O)c1F. The molecule has 0 aliphatic carbocycles. The third kappa shape index (κ3) is 1.88. The summed E-state index contributed by atoms with van der Waals surface area (Å²) in [6, 6.07) is 6.36. The van der Waals surface area contributed by atoms with Crippen LogP contribution >= 0.6 is 11.3 Å². The highest BCUT2D eigenvalue weighted by atomic mass is 32.1. The number of benzene rings is 1. The fraction of sp³-hybridized carbons (Fsp3) is 0.0909. The zero-order valence-electron chi connectivity index (χ0n) is 8.18. The fourth-order valence-corrected chi connectivity index (χ4v) is 1.96. The molecule has 0 fully saturated rings. The number of nitriles is 1. The molecule has 1 aromatic carbocycles. The molecule has 16 heavy (non-hydrogen) atoms. The lowest BCUT2D eigenvalue weighted by Gasteiger charge is -2.04. The lowest BCUT2D eigenvalue weighted by molar-refractivity contribution is 0.594. The molecule has 5 heteroatoms. The van der Waals surface area contributed by atoms with E-state index in [1.54, 1.807) is 29.8 Å². The largest absolute Gasteiger partial charge is 0.307 e. The topological polar surface area (TPSA) is 45.8 Å². The van der Waals surface area contributed by atoms with Crippen LogP contribution in [0.3, 0.4) is 0 Å². The van der Waals surface area contributed by atoms with Gasteiger partial charge in [0.1, 0.15) is 11.9 Å². The number of thiazole rings is 1. The Balaban J connectivity index is 2.40. The Kier molecular flexibility index (Phi) is 2.84. The van der Waals surface area contributed by atoms with Crippen LogP contribution in [0.2, 0.25) is 0 Å². The quantitative estimate of drug-likeness (QED) is 0.797. The van der Waals surface area contributed by atoms with Crippen molar-refractivity contribution < 1.29 is 4.39 Å². The van der Waals surface area contributed by atoms with Gasteiger partial charge in [-0.05, 0) is 6.07 Å². The first-order chi connectivity index (χ1) is 7.72. The first-order valence-corrected chi connectivity index (χ1v) is 5.42. The van der Waals surface area contributed by atoms with E-state index in [1.807, 2.05) is 0 Å². The average Bonchev–Trinajstić information content (AvgIpc) is 2.68. The highest BCUT2D eigenvalue weighted by Gasteiger charge is 2.08. The number of nitrogens with zero attached hydrogens (tertiary/aromatic N) is 2. The van der Waals surface area contributed by atoms with Crippen LogP contribution in [0.4, 0.5) is 4.39 Å². The minimum atomic E-state index is -0.553. The molecule has 0 unspecified atom stereocenters. The summed E-state index contributed by atoms with van der Waals surface area (Å²) in [5, 5.41) is 10.3. The molecule has 1 aromatic heterocycles. The summed E-state index contributed by atoms with van der Waals surface area (Å²) in [5.41, 5.74) is 0.348. The van der Waals surface area contributed by atoms with Crippen molar-refractivity contribution in [3.05, 3.63) is 56.4 Å². The summed E-state index contributed by atoms with van der Waals surface area (Å²) in [6.45, 7) is 0.156. The van der Waals surface area contributed by atoms with E-state index in [1.165, 1.54) is 10.6 Å². The molecule has 0 radical (unpaired) electrons. The number of aromatic nitrogens is 1. The molecule has 0 aliphatic rings. The molecule has 3 nitrogen and oxygen atoms in total. The summed E-state index contributed by atoms with van der Waals surface area (Å²) in [5.74, 6) is -0.553. The van der Waals surface area contributed by atoms with Crippen molar-refractivity contribution in [2.45, 2.75) is 6.54 Å². The molecular formula is C11H7FN2OS. The summed E-state index contributed by atoms with van der Waals surface area (Å²) in [4.78, 5) is 11.1. The Bertz CT molecular complexity index is 609. The van der Waals surface area contributed by atoms with Gasteiger partial charge in [0.2, 0.25) is 0 Å². The van der Waals surface area contributed by atoms with Crippen LogP contribution in [0.1, 0.15) is 11.1 Å². The van der Waals surface area contributed by atoms with Gasteiger partial charge in [0.25, 0.3) is 0 Å². The van der Waals surface area contributed by atoms with Crippen molar-refractivity contribution in [1.82, 2.24) is 4.57 Å². The maximum absolute atomic E-state index is 13.7. The molecule has 1 heterocycles. The Morgan fingerprint density at radius 2 is 2.31 bits per heavy atom. The second-order valence-corrected chi connectivity index (χ2v) is 4.04. The van der Waals surface area contributed by atoms with Gasteiger partial charge < -0.3 is 4.57 Å². The zero-order valence-corrected chi connectivity index (χ0v) is 9.00. The van der Waals surface area contributed by atoms with Crippen molar-refractivity contribution in [3.63, 3.8) is 0 Å². The van der Waals surface area contributed by atoms with E-state index in [0.29, 0.717) is 5.56 Å². The van der Waals surface area contributed by atoms with Crippen LogP contribution in [0.5, 0.6) is 0 Å². The number of rotatable bonds is 2. The van der Waals surface area contributed by atoms with Crippen molar-refractivity contribution >= 4 is 11.3 Å². The van der Waals surface area contributed by atoms with Crippen LogP contribution in [0.25, 0.3) is 0 Å². The predicted octanol–water partition coefficient (Wildman–Crippen LogP) is 1.97. The molecule has 0 N–H and O–H groups in total. The highest BCUT2D eigenvalue weighted by molar-refractivity contribution is 7.07. The first kappa shape index (κ1) is 10.6. The van der Waals surface area contributed by atoms with Crippen molar-refractivity contribution in [2.24, 2.45) is 0 Å². The number of hydrogen-bond donors (Lipinski definition) is 0. The van der Waals surface area contributed by atoms with E-state index < -0.39 is 5.82 Å². The number of hydrogen-bond acceptors (Lipinski definition) is 3. The summed E-state index contributed by atoms with van der Waals surface area (Å²) < 4.78 is 15.1. The van der Waals surface area contributed by atoms with Crippen LogP contribution in [-0.4, -0.2) is 4.57 Å². The molecule has 0 amide bonds. The minimum absolute atomic E-state index is 0.000721. The summed E-state index contributed by atoms with van der Waals surface area (Å²) >= 11 is 1.06. The summed E-state index contributed by atoms with van der Waals surface area (Å²) in [7, 11) is 0. The van der Waals surface area contributed by atoms with E-state index in [4.69, 9.17) is 5.26 Å². The molecule has 0 atom stereocenters. The first-order valence-electron chi connectivity index (χ1n) is 4.54. The monoisotopic (exact) mass is 234 g/mol. The molecule has 2 aromatic rings. The fourth-order valence-electron chi connectivity index (χ4n) is 1.38. The van der Waals surface area contributed by atoms with Gasteiger partial charge in [-0.3, -0.25) is 4.79 Å². The third-order valence-corrected chi connectivity index (χ3v) is 2.88. The lowest BCUT2D eigenvalue weighted by Crippen LogP contribution is -2.13. The van der Waals surface area contributed by atoms with Crippen LogP contribution in [0.15, 0.2) is 34.6 Å². The normalized spacial score (nSPS) is 10.0. The van der Waals surface area contributed by atoms with Crippen LogP contribution < -0.4 is 4.87 Å². The average molecular weight is 234 g/mol. The van der Waals surface area contributed by atoms with E-state index in [2.05, 4.69) is 0 Å². The van der Waals surface area contributed by atoms with Gasteiger partial charge in [-0.15, -0.1) is 0 Å². The van der Waals surface area contributed by atoms with Crippen LogP contribution in [-0.2, 0) is 6.54 Å². The van der Waals surface area contributed by atoms with Gasteiger partial charge in [0, 0.05) is 17.1 Å². The summed E-state index contributed by atoms with van der Waals surface area (Å²) in [6.07, 6.45) is 1.60. The minimum Gasteiger partial charge on any atom is -0.301 e. The molecule has 0 saturated heterocycles. The van der Waals surface area contributed by atoms with E-state index in [0.717, 1.165) is 11.3 Å². The molecule has 80 valence electrons. The van der Waals surface area contributed by atoms with E-state index in [9.17, 15) is 9.18 Å². The molecule has 0 spiro atoms. The van der Waals surface area contributed by atoms with Crippen LogP contribution in [0, 0.1) is 17.1 Å². The molecular weight excluding hydrogens is 227 g/mol. The van der Waals surface area contributed by atoms with Crippen molar-refractivity contribution in [1.29, 1.82) is 5.26 Å². The zero-order chi connectivity index (χ0) is 11.5. The maximum Gasteiger partial charge on any atom is 0.307 e. The maximum atomic E-state index is 13.7. The highest BCUT2D eigenvalue weighted by Crippen LogP contribution is 2.13. The van der Waals surface area contributed by atoms with Gasteiger partial charge in [0.15, 0.2) is 0 Å². The van der Waals surface area contributed by atoms with Crippen molar-refractivity contribution in [2.75, 3.05) is 0 Å². The second kappa shape index (κ2) is 4.29. The predicted molar refractivity (Wildman–Crippen MR) is 58.8 cm³/mol. The van der Waals surface area contributed by atoms with E-state index in [-0.39, 0.29) is 17.0 Å². The van der Waals surface area contributed by atoms with Gasteiger partial charge in [-0.2, -0.15) is 5.26 Å². The van der Waals surface area contributed by atoms with E-state index >= 15 is 0 Å². The third-order valence-electron chi connectivity index (χ3n) is 2.18. The van der Waals surface area contributed by atoms with Crippen molar-refractivity contribution in [3.8, 4) is 6.07 Å². The Morgan fingerprint density at radius 1 is 1.50 bits per heavy atom. The lowest BCUT2D eigenvalue weighted by atomic mass is 10.1. The van der Waals surface area contributed by atoms with Gasteiger partial charge >= 0.3 is 4.87 Å². The molecule has 0 saturated carbocycles. The number of halogens is 1. The standard InChI is InChI=1S/C11H7FN2OS/c12-10-8(6-13)2-1-3-9(10)7-14-4-5-16-11(14)15/h1-5H,7H2. The Hall–Kier alpha value is -1.93. The molecule has 0 aliphatic heterocycles. The van der Waals surface area contributed by atoms with Gasteiger partial charge in [-0.1, -0.05) is 23.5 Å². The molecule has 0 bridgehead atoms. The van der Waals surface area contributed by atoms with Gasteiger partial charge in [-0.25, -0.2) is 4.39 Å². The second-order valence-electron chi connectivity index (χ2n) is 3.19. The van der Waals surface area contributed by atoms with Gasteiger partial charge in [0.05, 0.1) is 12.1 Å². The smallest absolute Gasteiger partial charge is 0.301 e.